The number of hydrogen-bond acceptors (Lipinski definition) is 5. The van der Waals surface area contributed by atoms with E-state index in [1.807, 2.05) is 17.0 Å². The number of benzene rings is 1. The van der Waals surface area contributed by atoms with Crippen LogP contribution in [0.4, 0.5) is 4.79 Å². The molecule has 0 spiro atoms. The van der Waals surface area contributed by atoms with Crippen molar-refractivity contribution in [2.24, 2.45) is 0 Å². The van der Waals surface area contributed by atoms with Crippen molar-refractivity contribution >= 4 is 6.03 Å². The van der Waals surface area contributed by atoms with E-state index >= 15 is 0 Å². The lowest BCUT2D eigenvalue weighted by atomic mass is 9.92. The minimum Gasteiger partial charge on any atom is -0.497 e. The number of urea groups is 1. The third-order valence-electron chi connectivity index (χ3n) is 6.46. The second-order valence-electron chi connectivity index (χ2n) is 9.01. The number of carbonyl (C=O) groups excluding carboxylic acids is 1. The van der Waals surface area contributed by atoms with Crippen LogP contribution >= 0.6 is 0 Å². The van der Waals surface area contributed by atoms with Crippen LogP contribution < -0.4 is 4.74 Å². The van der Waals surface area contributed by atoms with Crippen LogP contribution in [-0.4, -0.2) is 103 Å². The van der Waals surface area contributed by atoms with Crippen LogP contribution in [0, 0.1) is 0 Å². The summed E-state index contributed by atoms with van der Waals surface area (Å²) in [6, 6.07) is 8.90. The molecule has 0 bridgehead atoms. The molecule has 7 heteroatoms. The summed E-state index contributed by atoms with van der Waals surface area (Å²) in [7, 11) is 1.70. The number of nitrogens with zero attached hydrogens (tertiary/aromatic N) is 4. The van der Waals surface area contributed by atoms with Crippen molar-refractivity contribution in [3.63, 3.8) is 0 Å². The van der Waals surface area contributed by atoms with E-state index in [-0.39, 0.29) is 11.6 Å². The van der Waals surface area contributed by atoms with Gasteiger partial charge in [-0.05, 0) is 31.5 Å². The predicted octanol–water partition coefficient (Wildman–Crippen LogP) is 1.73. The van der Waals surface area contributed by atoms with Crippen molar-refractivity contribution in [2.45, 2.75) is 32.0 Å². The van der Waals surface area contributed by atoms with Crippen molar-refractivity contribution in [1.29, 1.82) is 0 Å². The van der Waals surface area contributed by atoms with E-state index in [9.17, 15) is 4.79 Å². The molecule has 3 saturated heterocycles. The van der Waals surface area contributed by atoms with Gasteiger partial charge in [0.15, 0.2) is 0 Å². The Labute approximate surface area is 174 Å². The van der Waals surface area contributed by atoms with Crippen molar-refractivity contribution in [3.8, 4) is 5.75 Å². The molecule has 4 rings (SSSR count). The second kappa shape index (κ2) is 8.50. The van der Waals surface area contributed by atoms with E-state index < -0.39 is 0 Å². The Kier molecular flexibility index (Phi) is 5.99. The zero-order chi connectivity index (χ0) is 20.4. The molecule has 1 atom stereocenters. The Morgan fingerprint density at radius 2 is 1.79 bits per heavy atom. The lowest BCUT2D eigenvalue weighted by Crippen LogP contribution is -2.70. The number of piperazine rings is 2. The minimum absolute atomic E-state index is 0.101. The monoisotopic (exact) mass is 402 g/mol. The van der Waals surface area contributed by atoms with E-state index in [2.05, 4.69) is 40.7 Å². The number of fused-ring (bicyclic) bond motifs is 1. The van der Waals surface area contributed by atoms with Crippen LogP contribution in [0.25, 0.3) is 0 Å². The molecular weight excluding hydrogens is 368 g/mol. The predicted molar refractivity (Wildman–Crippen MR) is 112 cm³/mol. The smallest absolute Gasteiger partial charge is 0.320 e. The molecule has 0 unspecified atom stereocenters. The highest BCUT2D eigenvalue weighted by Crippen LogP contribution is 2.29. The Bertz CT molecular complexity index is 703. The fourth-order valence-electron chi connectivity index (χ4n) is 5.05. The van der Waals surface area contributed by atoms with E-state index in [1.165, 1.54) is 5.56 Å². The van der Waals surface area contributed by atoms with E-state index in [1.54, 1.807) is 7.11 Å². The molecule has 3 aliphatic heterocycles. The average Bonchev–Trinajstić information content (AvgIpc) is 2.73. The number of ether oxygens (including phenoxy) is 2. The lowest BCUT2D eigenvalue weighted by molar-refractivity contribution is -0.0627. The summed E-state index contributed by atoms with van der Waals surface area (Å²) in [6.07, 6.45) is 0. The number of carbonyl (C=O) groups is 1. The average molecular weight is 403 g/mol. The maximum absolute atomic E-state index is 13.0. The van der Waals surface area contributed by atoms with Crippen molar-refractivity contribution in [2.75, 3.05) is 66.1 Å². The number of rotatable bonds is 3. The van der Waals surface area contributed by atoms with Crippen LogP contribution in [0.1, 0.15) is 19.4 Å². The van der Waals surface area contributed by atoms with Gasteiger partial charge in [-0.25, -0.2) is 4.79 Å². The van der Waals surface area contributed by atoms with Gasteiger partial charge in [-0.15, -0.1) is 0 Å². The van der Waals surface area contributed by atoms with Crippen LogP contribution in [0.5, 0.6) is 5.75 Å². The highest BCUT2D eigenvalue weighted by atomic mass is 16.5. The molecular formula is C22H34N4O3. The largest absolute Gasteiger partial charge is 0.497 e. The molecule has 29 heavy (non-hydrogen) atoms. The zero-order valence-electron chi connectivity index (χ0n) is 18.0. The van der Waals surface area contributed by atoms with E-state index in [4.69, 9.17) is 9.47 Å². The van der Waals surface area contributed by atoms with Gasteiger partial charge in [0.05, 0.1) is 20.3 Å². The van der Waals surface area contributed by atoms with Crippen molar-refractivity contribution in [3.05, 3.63) is 29.8 Å². The van der Waals surface area contributed by atoms with Crippen molar-refractivity contribution < 1.29 is 14.3 Å². The van der Waals surface area contributed by atoms with Gasteiger partial charge >= 0.3 is 6.03 Å². The van der Waals surface area contributed by atoms with Gasteiger partial charge in [-0.2, -0.15) is 0 Å². The van der Waals surface area contributed by atoms with Gasteiger partial charge in [0, 0.05) is 63.9 Å². The molecule has 0 saturated carbocycles. The highest BCUT2D eigenvalue weighted by molar-refractivity contribution is 5.74. The highest BCUT2D eigenvalue weighted by Gasteiger charge is 2.43. The molecule has 3 heterocycles. The Morgan fingerprint density at radius 3 is 2.48 bits per heavy atom. The Morgan fingerprint density at radius 1 is 1.07 bits per heavy atom. The second-order valence-corrected chi connectivity index (χ2v) is 9.01. The summed E-state index contributed by atoms with van der Waals surface area (Å²) < 4.78 is 10.7. The normalized spacial score (nSPS) is 25.6. The van der Waals surface area contributed by atoms with Gasteiger partial charge in [0.2, 0.25) is 0 Å². The number of morpholine rings is 1. The van der Waals surface area contributed by atoms with Crippen LogP contribution in [0.15, 0.2) is 24.3 Å². The number of hydrogen-bond donors (Lipinski definition) is 0. The molecule has 0 aromatic heterocycles. The van der Waals surface area contributed by atoms with Gasteiger partial charge in [0.25, 0.3) is 0 Å². The topological polar surface area (TPSA) is 48.5 Å². The molecule has 0 N–H and O–H groups in total. The summed E-state index contributed by atoms with van der Waals surface area (Å²) in [6.45, 7) is 12.9. The van der Waals surface area contributed by atoms with Crippen LogP contribution in [0.3, 0.4) is 0 Å². The zero-order valence-corrected chi connectivity index (χ0v) is 18.0. The first-order valence-electron chi connectivity index (χ1n) is 10.7. The molecule has 7 nitrogen and oxygen atoms in total. The first-order chi connectivity index (χ1) is 14.0. The fourth-order valence-corrected chi connectivity index (χ4v) is 5.05. The quantitative estimate of drug-likeness (QED) is 0.771. The van der Waals surface area contributed by atoms with Gasteiger partial charge in [-0.3, -0.25) is 9.80 Å². The molecule has 3 aliphatic rings. The summed E-state index contributed by atoms with van der Waals surface area (Å²) in [5.41, 5.74) is 1.40. The third kappa shape index (κ3) is 4.52. The molecule has 1 aromatic carbocycles. The standard InChI is InChI=1S/C22H34N4O3/c1-22(2)17-23(14-18-4-6-20(28-3)7-5-18)15-19-16-25(8-9-26(19)22)21(27)24-10-12-29-13-11-24/h4-7,19H,8-17H2,1-3H3/t19-/m1/s1. The van der Waals surface area contributed by atoms with Crippen molar-refractivity contribution in [1.82, 2.24) is 19.6 Å². The molecule has 3 fully saturated rings. The Hall–Kier alpha value is -1.83. The van der Waals surface area contributed by atoms with Crippen LogP contribution in [-0.2, 0) is 11.3 Å². The molecule has 160 valence electrons. The summed E-state index contributed by atoms with van der Waals surface area (Å²) in [5, 5.41) is 0. The van der Waals surface area contributed by atoms with Crippen LogP contribution in [0.2, 0.25) is 0 Å². The first kappa shape index (κ1) is 20.4. The molecule has 0 radical (unpaired) electrons. The third-order valence-corrected chi connectivity index (χ3v) is 6.46. The fraction of sp³-hybridized carbons (Fsp3) is 0.682. The lowest BCUT2D eigenvalue weighted by Gasteiger charge is -2.56. The first-order valence-corrected chi connectivity index (χ1v) is 10.7. The van der Waals surface area contributed by atoms with Gasteiger partial charge in [-0.1, -0.05) is 12.1 Å². The molecule has 0 aliphatic carbocycles. The summed E-state index contributed by atoms with van der Waals surface area (Å²) in [5.74, 6) is 0.892. The van der Waals surface area contributed by atoms with E-state index in [0.717, 1.165) is 45.0 Å². The molecule has 1 aromatic rings. The minimum atomic E-state index is 0.101. The number of amides is 2. The summed E-state index contributed by atoms with van der Waals surface area (Å²) >= 11 is 0. The summed E-state index contributed by atoms with van der Waals surface area (Å²) in [4.78, 5) is 22.1. The van der Waals surface area contributed by atoms with Gasteiger partial charge in [0.1, 0.15) is 5.75 Å². The Balaban J connectivity index is 1.41. The van der Waals surface area contributed by atoms with Gasteiger partial charge < -0.3 is 19.3 Å². The maximum atomic E-state index is 13.0. The SMILES string of the molecule is COc1ccc(CN2C[C@@H]3CN(C(=O)N4CCOCC4)CCN3C(C)(C)C2)cc1. The number of methoxy groups -OCH3 is 1. The molecule has 2 amide bonds. The van der Waals surface area contributed by atoms with E-state index in [0.29, 0.717) is 32.3 Å². The maximum Gasteiger partial charge on any atom is 0.320 e.